The van der Waals surface area contributed by atoms with Gasteiger partial charge in [0.15, 0.2) is 0 Å². The molecule has 0 aromatic rings. The Labute approximate surface area is 44.5 Å². The van der Waals surface area contributed by atoms with Gasteiger partial charge in [-0.15, -0.1) is 0 Å². The molecular formula is C3H12AsN. The maximum atomic E-state index is 2.93. The van der Waals surface area contributed by atoms with Crippen molar-refractivity contribution < 1.29 is 0 Å². The summed E-state index contributed by atoms with van der Waals surface area (Å²) in [6, 6.07) is 0. The third-order valence-corrected chi connectivity index (χ3v) is 0.354. The molecule has 0 aliphatic carbocycles. The van der Waals surface area contributed by atoms with Gasteiger partial charge in [0.05, 0.1) is 0 Å². The Balaban J connectivity index is 0. The third-order valence-electron chi connectivity index (χ3n) is 0.354. The molecular weight excluding hydrogens is 125 g/mol. The molecule has 0 spiro atoms. The number of nitrogens with one attached hydrogen (secondary N) is 1. The predicted molar refractivity (Wildman–Crippen MR) is 29.5 cm³/mol. The first-order valence-electron chi connectivity index (χ1n) is 1.56. The van der Waals surface area contributed by atoms with Crippen molar-refractivity contribution in [1.82, 2.24) is 5.32 Å². The topological polar surface area (TPSA) is 12.0 Å². The molecule has 1 N–H and O–H groups in total. The van der Waals surface area contributed by atoms with Crippen LogP contribution in [0.3, 0.4) is 0 Å². The van der Waals surface area contributed by atoms with Crippen LogP contribution in [0, 0.1) is 0 Å². The van der Waals surface area contributed by atoms with E-state index in [1.165, 1.54) is 0 Å². The van der Waals surface area contributed by atoms with Gasteiger partial charge in [-0.3, -0.25) is 0 Å². The van der Waals surface area contributed by atoms with Gasteiger partial charge < -0.3 is 5.32 Å². The molecule has 0 heterocycles. The van der Waals surface area contributed by atoms with Crippen molar-refractivity contribution >= 4 is 18.0 Å². The molecule has 0 bridgehead atoms. The standard InChI is InChI=1S/C3H9N.AsH3/c1-3-4-2;/h4H,3H2,1-2H3;1H3. The average Bonchev–Trinajstić information content (AvgIpc) is 1.37. The Morgan fingerprint density at radius 3 is 1.80 bits per heavy atom. The number of hydrogen-bond donors (Lipinski definition) is 1. The second-order valence-electron chi connectivity index (χ2n) is 0.707. The summed E-state index contributed by atoms with van der Waals surface area (Å²) in [7, 11) is 1.93. The van der Waals surface area contributed by atoms with Crippen molar-refractivity contribution in [3.05, 3.63) is 0 Å². The summed E-state index contributed by atoms with van der Waals surface area (Å²) in [5, 5.41) is 2.93. The molecule has 0 saturated carbocycles. The van der Waals surface area contributed by atoms with Gasteiger partial charge in [-0.25, -0.2) is 0 Å². The Bertz CT molecular complexity index is 8.85. The zero-order valence-electron chi connectivity index (χ0n) is 3.91. The van der Waals surface area contributed by atoms with E-state index in [0.717, 1.165) is 6.54 Å². The Morgan fingerprint density at radius 1 is 1.60 bits per heavy atom. The SMILES string of the molecule is CCNC.[AsH3]. The zero-order chi connectivity index (χ0) is 3.41. The van der Waals surface area contributed by atoms with Gasteiger partial charge >= 0.3 is 18.0 Å². The molecule has 1 atom stereocenters. The fraction of sp³-hybridized carbons (Fsp3) is 1.00. The molecule has 1 nitrogen and oxygen atoms in total. The molecule has 0 fully saturated rings. The molecule has 34 valence electrons. The maximum absolute atomic E-state index is 2.93. The summed E-state index contributed by atoms with van der Waals surface area (Å²) in [5.74, 6) is 0. The Hall–Kier alpha value is 0.518. The predicted octanol–water partition coefficient (Wildman–Crippen LogP) is -0.958. The molecule has 0 aliphatic rings. The van der Waals surface area contributed by atoms with E-state index in [2.05, 4.69) is 12.2 Å². The molecule has 0 rings (SSSR count). The molecule has 0 amide bonds. The van der Waals surface area contributed by atoms with Crippen molar-refractivity contribution in [3.63, 3.8) is 0 Å². The summed E-state index contributed by atoms with van der Waals surface area (Å²) in [5.41, 5.74) is 0. The van der Waals surface area contributed by atoms with Gasteiger partial charge in [-0.2, -0.15) is 0 Å². The van der Waals surface area contributed by atoms with Crippen LogP contribution in [0.25, 0.3) is 0 Å². The van der Waals surface area contributed by atoms with Gasteiger partial charge in [0.1, 0.15) is 0 Å². The van der Waals surface area contributed by atoms with Crippen LogP contribution in [-0.4, -0.2) is 31.5 Å². The molecule has 0 aromatic heterocycles. The van der Waals surface area contributed by atoms with Crippen molar-refractivity contribution in [2.75, 3.05) is 13.6 Å². The molecule has 0 saturated heterocycles. The van der Waals surface area contributed by atoms with Crippen molar-refractivity contribution in [2.24, 2.45) is 0 Å². The quantitative estimate of drug-likeness (QED) is 0.459. The van der Waals surface area contributed by atoms with E-state index in [0.29, 0.717) is 0 Å². The van der Waals surface area contributed by atoms with E-state index in [4.69, 9.17) is 0 Å². The van der Waals surface area contributed by atoms with E-state index >= 15 is 0 Å². The molecule has 0 aliphatic heterocycles. The van der Waals surface area contributed by atoms with E-state index in [9.17, 15) is 0 Å². The second kappa shape index (κ2) is 8.82. The summed E-state index contributed by atoms with van der Waals surface area (Å²) < 4.78 is 0. The zero-order valence-corrected chi connectivity index (χ0v) is 6.88. The van der Waals surface area contributed by atoms with Crippen LogP contribution in [0.2, 0.25) is 0 Å². The molecule has 5 heavy (non-hydrogen) atoms. The minimum absolute atomic E-state index is 0. The average molecular weight is 137 g/mol. The van der Waals surface area contributed by atoms with Crippen molar-refractivity contribution in [2.45, 2.75) is 6.92 Å². The van der Waals surface area contributed by atoms with Gasteiger partial charge in [-0.1, -0.05) is 6.92 Å². The first kappa shape index (κ1) is 9.10. The molecule has 0 radical (unpaired) electrons. The van der Waals surface area contributed by atoms with Gasteiger partial charge in [0, 0.05) is 0 Å². The molecule has 2 heteroatoms. The Kier molecular flexibility index (Phi) is 16.1. The second-order valence-corrected chi connectivity index (χ2v) is 0.707. The van der Waals surface area contributed by atoms with Crippen molar-refractivity contribution in [3.8, 4) is 0 Å². The Morgan fingerprint density at radius 2 is 1.80 bits per heavy atom. The van der Waals surface area contributed by atoms with Crippen LogP contribution in [0.5, 0.6) is 0 Å². The van der Waals surface area contributed by atoms with Gasteiger partial charge in [0.2, 0.25) is 0 Å². The first-order chi connectivity index (χ1) is 1.91. The van der Waals surface area contributed by atoms with E-state index in [1.807, 2.05) is 7.05 Å². The normalized spacial score (nSPS) is 6.00. The van der Waals surface area contributed by atoms with Crippen LogP contribution in [-0.2, 0) is 0 Å². The third kappa shape index (κ3) is 12.4. The van der Waals surface area contributed by atoms with E-state index in [-0.39, 0.29) is 18.0 Å². The van der Waals surface area contributed by atoms with Crippen LogP contribution < -0.4 is 5.32 Å². The van der Waals surface area contributed by atoms with Gasteiger partial charge in [0.25, 0.3) is 0 Å². The fourth-order valence-corrected chi connectivity index (χ4v) is 0. The molecule has 1 unspecified atom stereocenters. The fourth-order valence-electron chi connectivity index (χ4n) is 0. The monoisotopic (exact) mass is 137 g/mol. The number of hydrogen-bond acceptors (Lipinski definition) is 1. The summed E-state index contributed by atoms with van der Waals surface area (Å²) >= 11 is 0. The van der Waals surface area contributed by atoms with Crippen LogP contribution in [0.1, 0.15) is 6.92 Å². The van der Waals surface area contributed by atoms with E-state index < -0.39 is 0 Å². The van der Waals surface area contributed by atoms with Gasteiger partial charge in [-0.05, 0) is 13.6 Å². The van der Waals surface area contributed by atoms with E-state index in [1.54, 1.807) is 0 Å². The van der Waals surface area contributed by atoms with Crippen LogP contribution >= 0.6 is 0 Å². The summed E-state index contributed by atoms with van der Waals surface area (Å²) in [6.45, 7) is 3.14. The van der Waals surface area contributed by atoms with Crippen LogP contribution in [0.15, 0.2) is 0 Å². The summed E-state index contributed by atoms with van der Waals surface area (Å²) in [6.07, 6.45) is 0. The van der Waals surface area contributed by atoms with Crippen LogP contribution in [0.4, 0.5) is 0 Å². The number of rotatable bonds is 1. The first-order valence-corrected chi connectivity index (χ1v) is 1.56. The molecule has 0 aromatic carbocycles. The minimum atomic E-state index is 0. The van der Waals surface area contributed by atoms with Crippen molar-refractivity contribution in [1.29, 1.82) is 0 Å². The summed E-state index contributed by atoms with van der Waals surface area (Å²) in [4.78, 5) is 0.